The molecule has 1 aliphatic heterocycles. The molecular formula is C22H24ClN7. The molecule has 0 bridgehead atoms. The van der Waals surface area contributed by atoms with Crippen LogP contribution in [0.1, 0.15) is 31.7 Å². The van der Waals surface area contributed by atoms with Crippen LogP contribution in [0.5, 0.6) is 0 Å². The summed E-state index contributed by atoms with van der Waals surface area (Å²) in [5.74, 6) is 1.54. The van der Waals surface area contributed by atoms with Crippen molar-refractivity contribution in [2.45, 2.75) is 26.2 Å². The fraction of sp³-hybridized carbons (Fsp3) is 0.273. The average Bonchev–Trinajstić information content (AvgIpc) is 2.79. The van der Waals surface area contributed by atoms with Crippen LogP contribution in [0.25, 0.3) is 0 Å². The SMILES string of the molecule is C/C(=N/Nc1nc(Nc2ccccc2)nc(N2CCCCC2)n1)c1ccc(Cl)cc1. The Bertz CT molecular complexity index is 1000. The van der Waals surface area contributed by atoms with E-state index in [1.54, 1.807) is 0 Å². The number of anilines is 4. The van der Waals surface area contributed by atoms with E-state index in [1.807, 2.05) is 61.5 Å². The van der Waals surface area contributed by atoms with Crippen LogP contribution in [0.2, 0.25) is 5.02 Å². The molecule has 0 atom stereocenters. The number of aromatic nitrogens is 3. The zero-order valence-electron chi connectivity index (χ0n) is 16.8. The van der Waals surface area contributed by atoms with Gasteiger partial charge in [-0.05, 0) is 56.0 Å². The van der Waals surface area contributed by atoms with Crippen molar-refractivity contribution in [2.24, 2.45) is 5.10 Å². The van der Waals surface area contributed by atoms with E-state index in [2.05, 4.69) is 35.7 Å². The number of nitrogens with one attached hydrogen (secondary N) is 2. The third-order valence-electron chi connectivity index (χ3n) is 4.88. The van der Waals surface area contributed by atoms with Gasteiger partial charge in [0.15, 0.2) is 0 Å². The van der Waals surface area contributed by atoms with E-state index >= 15 is 0 Å². The number of hydrazone groups is 1. The van der Waals surface area contributed by atoms with Crippen LogP contribution in [-0.4, -0.2) is 33.8 Å². The summed E-state index contributed by atoms with van der Waals surface area (Å²) in [6, 6.07) is 17.4. The smallest absolute Gasteiger partial charge is 0.250 e. The molecule has 0 amide bonds. The molecule has 7 nitrogen and oxygen atoms in total. The van der Waals surface area contributed by atoms with Crippen LogP contribution in [0.15, 0.2) is 59.7 Å². The maximum atomic E-state index is 5.97. The molecule has 1 aromatic heterocycles. The number of piperidine rings is 1. The lowest BCUT2D eigenvalue weighted by molar-refractivity contribution is 0.568. The second-order valence-electron chi connectivity index (χ2n) is 7.14. The van der Waals surface area contributed by atoms with Gasteiger partial charge in [-0.15, -0.1) is 0 Å². The van der Waals surface area contributed by atoms with Crippen LogP contribution in [0.4, 0.5) is 23.5 Å². The molecular weight excluding hydrogens is 398 g/mol. The summed E-state index contributed by atoms with van der Waals surface area (Å²) in [5, 5.41) is 8.40. The fourth-order valence-electron chi connectivity index (χ4n) is 3.25. The Balaban J connectivity index is 1.59. The molecule has 30 heavy (non-hydrogen) atoms. The summed E-state index contributed by atoms with van der Waals surface area (Å²) in [4.78, 5) is 15.9. The maximum absolute atomic E-state index is 5.97. The Kier molecular flexibility index (Phi) is 6.39. The van der Waals surface area contributed by atoms with Crippen molar-refractivity contribution in [3.05, 3.63) is 65.2 Å². The van der Waals surface area contributed by atoms with Gasteiger partial charge in [0.05, 0.1) is 5.71 Å². The van der Waals surface area contributed by atoms with Gasteiger partial charge in [0.2, 0.25) is 17.8 Å². The van der Waals surface area contributed by atoms with E-state index in [0.717, 1.165) is 42.9 Å². The summed E-state index contributed by atoms with van der Waals surface area (Å²) < 4.78 is 0. The predicted molar refractivity (Wildman–Crippen MR) is 123 cm³/mol. The van der Waals surface area contributed by atoms with Crippen molar-refractivity contribution in [3.8, 4) is 0 Å². The number of halogens is 1. The van der Waals surface area contributed by atoms with Crippen molar-refractivity contribution in [1.29, 1.82) is 0 Å². The zero-order chi connectivity index (χ0) is 20.8. The largest absolute Gasteiger partial charge is 0.341 e. The first-order valence-corrected chi connectivity index (χ1v) is 10.4. The highest BCUT2D eigenvalue weighted by Crippen LogP contribution is 2.21. The van der Waals surface area contributed by atoms with Crippen LogP contribution in [0.3, 0.4) is 0 Å². The number of hydrogen-bond donors (Lipinski definition) is 2. The van der Waals surface area contributed by atoms with E-state index in [9.17, 15) is 0 Å². The fourth-order valence-corrected chi connectivity index (χ4v) is 3.37. The lowest BCUT2D eigenvalue weighted by Gasteiger charge is -2.26. The minimum atomic E-state index is 0.400. The number of rotatable bonds is 6. The van der Waals surface area contributed by atoms with Crippen molar-refractivity contribution in [1.82, 2.24) is 15.0 Å². The van der Waals surface area contributed by atoms with Crippen LogP contribution >= 0.6 is 11.6 Å². The topological polar surface area (TPSA) is 78.3 Å². The van der Waals surface area contributed by atoms with Gasteiger partial charge in [-0.25, -0.2) is 5.43 Å². The summed E-state index contributed by atoms with van der Waals surface area (Å²) in [7, 11) is 0. The molecule has 2 N–H and O–H groups in total. The van der Waals surface area contributed by atoms with Gasteiger partial charge < -0.3 is 10.2 Å². The van der Waals surface area contributed by atoms with Gasteiger partial charge in [-0.2, -0.15) is 20.1 Å². The molecule has 2 heterocycles. The Hall–Kier alpha value is -3.19. The molecule has 0 unspecified atom stereocenters. The van der Waals surface area contributed by atoms with E-state index in [4.69, 9.17) is 11.6 Å². The van der Waals surface area contributed by atoms with Gasteiger partial charge in [0.25, 0.3) is 0 Å². The molecule has 1 aliphatic rings. The van der Waals surface area contributed by atoms with Crippen molar-refractivity contribution in [3.63, 3.8) is 0 Å². The molecule has 4 rings (SSSR count). The van der Waals surface area contributed by atoms with Gasteiger partial charge in [0.1, 0.15) is 0 Å². The van der Waals surface area contributed by atoms with Crippen molar-refractivity contribution < 1.29 is 0 Å². The molecule has 154 valence electrons. The molecule has 0 radical (unpaired) electrons. The first-order valence-electron chi connectivity index (χ1n) is 10.1. The quantitative estimate of drug-likeness (QED) is 0.426. The van der Waals surface area contributed by atoms with E-state index in [0.29, 0.717) is 22.9 Å². The molecule has 1 fully saturated rings. The minimum Gasteiger partial charge on any atom is -0.341 e. The second kappa shape index (κ2) is 9.54. The van der Waals surface area contributed by atoms with Crippen molar-refractivity contribution >= 4 is 40.8 Å². The molecule has 1 saturated heterocycles. The third-order valence-corrected chi connectivity index (χ3v) is 5.13. The van der Waals surface area contributed by atoms with Gasteiger partial charge >= 0.3 is 0 Å². The normalized spacial score (nSPS) is 14.5. The summed E-state index contributed by atoms with van der Waals surface area (Å²) in [6.45, 7) is 3.81. The van der Waals surface area contributed by atoms with E-state index < -0.39 is 0 Å². The van der Waals surface area contributed by atoms with Crippen LogP contribution < -0.4 is 15.6 Å². The van der Waals surface area contributed by atoms with Crippen LogP contribution in [-0.2, 0) is 0 Å². The van der Waals surface area contributed by atoms with Crippen LogP contribution in [0, 0.1) is 0 Å². The summed E-state index contributed by atoms with van der Waals surface area (Å²) in [6.07, 6.45) is 3.53. The minimum absolute atomic E-state index is 0.400. The highest BCUT2D eigenvalue weighted by atomic mass is 35.5. The third kappa shape index (κ3) is 5.24. The standard InChI is InChI=1S/C22H24ClN7/c1-16(17-10-12-18(23)13-11-17)28-29-21-25-20(24-19-8-4-2-5-9-19)26-22(27-21)30-14-6-3-7-15-30/h2,4-5,8-13H,3,6-7,14-15H2,1H3,(H2,24,25,26,27,29)/b28-16-. The van der Waals surface area contributed by atoms with Crippen molar-refractivity contribution in [2.75, 3.05) is 28.7 Å². The van der Waals surface area contributed by atoms with Gasteiger partial charge in [0, 0.05) is 23.8 Å². The summed E-state index contributed by atoms with van der Waals surface area (Å²) in [5.41, 5.74) is 5.69. The Morgan fingerprint density at radius 2 is 1.60 bits per heavy atom. The summed E-state index contributed by atoms with van der Waals surface area (Å²) >= 11 is 5.97. The van der Waals surface area contributed by atoms with Gasteiger partial charge in [-0.3, -0.25) is 0 Å². The second-order valence-corrected chi connectivity index (χ2v) is 7.57. The molecule has 0 aliphatic carbocycles. The maximum Gasteiger partial charge on any atom is 0.250 e. The van der Waals surface area contributed by atoms with E-state index in [1.165, 1.54) is 6.42 Å². The number of benzene rings is 2. The first-order chi connectivity index (χ1) is 14.7. The first kappa shape index (κ1) is 20.1. The van der Waals surface area contributed by atoms with E-state index in [-0.39, 0.29) is 0 Å². The predicted octanol–water partition coefficient (Wildman–Crippen LogP) is 5.10. The Morgan fingerprint density at radius 1 is 0.900 bits per heavy atom. The Labute approximate surface area is 181 Å². The van der Waals surface area contributed by atoms with Gasteiger partial charge in [-0.1, -0.05) is 41.9 Å². The lowest BCUT2D eigenvalue weighted by Crippen LogP contribution is -2.31. The lowest BCUT2D eigenvalue weighted by atomic mass is 10.1. The molecule has 0 spiro atoms. The zero-order valence-corrected chi connectivity index (χ0v) is 17.6. The molecule has 0 saturated carbocycles. The monoisotopic (exact) mass is 421 g/mol. The number of nitrogens with zero attached hydrogens (tertiary/aromatic N) is 5. The highest BCUT2D eigenvalue weighted by Gasteiger charge is 2.16. The molecule has 8 heteroatoms. The average molecular weight is 422 g/mol. The molecule has 2 aromatic carbocycles. The Morgan fingerprint density at radius 3 is 2.33 bits per heavy atom. The molecule has 3 aromatic rings. The number of hydrogen-bond acceptors (Lipinski definition) is 7. The highest BCUT2D eigenvalue weighted by molar-refractivity contribution is 6.30. The number of para-hydroxylation sites is 1.